The Bertz CT molecular complexity index is 479. The summed E-state index contributed by atoms with van der Waals surface area (Å²) in [6, 6.07) is 0.630. The molecule has 0 N–H and O–H groups in total. The number of carbonyl (C=O) groups is 1. The molecule has 0 saturated heterocycles. The van der Waals surface area contributed by atoms with E-state index in [4.69, 9.17) is 4.74 Å². The number of esters is 1. The van der Waals surface area contributed by atoms with Gasteiger partial charge in [-0.3, -0.25) is 4.79 Å². The van der Waals surface area contributed by atoms with Crippen LogP contribution in [-0.4, -0.2) is 28.3 Å². The number of hydrogen-bond donors (Lipinski definition) is 0. The minimum Gasteiger partial charge on any atom is -0.466 e. The zero-order valence-corrected chi connectivity index (χ0v) is 20.0. The number of unbranched alkanes of at least 4 members (excludes halogenated alkanes) is 10. The van der Waals surface area contributed by atoms with Crippen molar-refractivity contribution in [2.24, 2.45) is 0 Å². The standard InChI is InChI=1S/C24H45N2O2P/c1-2-3-4-11-15-23(26-19-18-25-22-26)16-12-9-7-5-6-8-10-13-17-24(27)28-20-14-21-29/h18-19,22-23H,2-17,20-21,29H2,1H3/t23-/m0/s1. The highest BCUT2D eigenvalue weighted by molar-refractivity contribution is 7.16. The molecular weight excluding hydrogens is 379 g/mol. The fourth-order valence-corrected chi connectivity index (χ4v) is 3.95. The van der Waals surface area contributed by atoms with Gasteiger partial charge < -0.3 is 9.30 Å². The highest BCUT2D eigenvalue weighted by atomic mass is 31.0. The zero-order chi connectivity index (χ0) is 21.0. The SMILES string of the molecule is CCCCCC[C@@H](CCCCCCCCCCC(=O)OCCCP)n1ccnc1. The first-order chi connectivity index (χ1) is 14.3. The summed E-state index contributed by atoms with van der Waals surface area (Å²) in [6.07, 6.45) is 26.5. The van der Waals surface area contributed by atoms with Gasteiger partial charge in [0.05, 0.1) is 12.9 Å². The van der Waals surface area contributed by atoms with Crippen LogP contribution < -0.4 is 0 Å². The molecule has 4 nitrogen and oxygen atoms in total. The molecule has 1 heterocycles. The monoisotopic (exact) mass is 424 g/mol. The quantitative estimate of drug-likeness (QED) is 0.127. The summed E-state index contributed by atoms with van der Waals surface area (Å²) in [4.78, 5) is 15.8. The van der Waals surface area contributed by atoms with Crippen molar-refractivity contribution >= 4 is 15.2 Å². The second-order valence-corrected chi connectivity index (χ2v) is 8.82. The molecule has 2 atom stereocenters. The van der Waals surface area contributed by atoms with E-state index in [-0.39, 0.29) is 5.97 Å². The summed E-state index contributed by atoms with van der Waals surface area (Å²) < 4.78 is 7.50. The molecule has 1 aromatic rings. The van der Waals surface area contributed by atoms with Crippen molar-refractivity contribution < 1.29 is 9.53 Å². The molecule has 0 fully saturated rings. The van der Waals surface area contributed by atoms with Gasteiger partial charge >= 0.3 is 5.97 Å². The Hall–Kier alpha value is -0.890. The van der Waals surface area contributed by atoms with Gasteiger partial charge in [-0.1, -0.05) is 77.6 Å². The lowest BCUT2D eigenvalue weighted by atomic mass is 10.00. The average Bonchev–Trinajstić information content (AvgIpc) is 3.25. The van der Waals surface area contributed by atoms with Gasteiger partial charge in [0.15, 0.2) is 0 Å². The smallest absolute Gasteiger partial charge is 0.305 e. The third kappa shape index (κ3) is 14.7. The summed E-state index contributed by atoms with van der Waals surface area (Å²) in [5.74, 6) is -0.0226. The predicted molar refractivity (Wildman–Crippen MR) is 126 cm³/mol. The first-order valence-corrected chi connectivity index (χ1v) is 12.9. The topological polar surface area (TPSA) is 44.1 Å². The van der Waals surface area contributed by atoms with E-state index in [1.807, 2.05) is 12.5 Å². The van der Waals surface area contributed by atoms with Gasteiger partial charge in [0.25, 0.3) is 0 Å². The summed E-state index contributed by atoms with van der Waals surface area (Å²) in [6.45, 7) is 2.85. The van der Waals surface area contributed by atoms with E-state index in [0.29, 0.717) is 19.1 Å². The Morgan fingerprint density at radius 1 is 0.931 bits per heavy atom. The van der Waals surface area contributed by atoms with Crippen molar-refractivity contribution in [3.8, 4) is 0 Å². The molecule has 29 heavy (non-hydrogen) atoms. The molecule has 0 bridgehead atoms. The van der Waals surface area contributed by atoms with Crippen molar-refractivity contribution in [3.63, 3.8) is 0 Å². The maximum absolute atomic E-state index is 11.5. The lowest BCUT2D eigenvalue weighted by Crippen LogP contribution is -2.07. The largest absolute Gasteiger partial charge is 0.466 e. The highest BCUT2D eigenvalue weighted by Gasteiger charge is 2.10. The van der Waals surface area contributed by atoms with Gasteiger partial charge in [-0.05, 0) is 31.8 Å². The van der Waals surface area contributed by atoms with Gasteiger partial charge in [-0.2, -0.15) is 0 Å². The van der Waals surface area contributed by atoms with Gasteiger partial charge in [0.2, 0.25) is 0 Å². The zero-order valence-electron chi connectivity index (χ0n) is 18.8. The molecule has 0 saturated carbocycles. The highest BCUT2D eigenvalue weighted by Crippen LogP contribution is 2.23. The molecule has 1 unspecified atom stereocenters. The van der Waals surface area contributed by atoms with E-state index >= 15 is 0 Å². The van der Waals surface area contributed by atoms with Crippen LogP contribution in [0.15, 0.2) is 18.7 Å². The van der Waals surface area contributed by atoms with Crippen molar-refractivity contribution in [1.82, 2.24) is 9.55 Å². The number of rotatable bonds is 20. The number of imidazole rings is 1. The third-order valence-corrected chi connectivity index (χ3v) is 6.03. The van der Waals surface area contributed by atoms with E-state index in [1.54, 1.807) is 0 Å². The average molecular weight is 425 g/mol. The first-order valence-electron chi connectivity index (χ1n) is 12.1. The molecule has 0 aliphatic heterocycles. The second-order valence-electron chi connectivity index (χ2n) is 8.24. The Morgan fingerprint density at radius 3 is 2.14 bits per heavy atom. The molecule has 0 spiro atoms. The molecule has 1 aromatic heterocycles. The third-order valence-electron chi connectivity index (χ3n) is 5.62. The molecule has 0 aliphatic rings. The lowest BCUT2D eigenvalue weighted by Gasteiger charge is -2.18. The number of ether oxygens (including phenoxy) is 1. The van der Waals surface area contributed by atoms with Crippen LogP contribution in [0.25, 0.3) is 0 Å². The van der Waals surface area contributed by atoms with E-state index < -0.39 is 0 Å². The van der Waals surface area contributed by atoms with Crippen LogP contribution in [0.4, 0.5) is 0 Å². The summed E-state index contributed by atoms with van der Waals surface area (Å²) in [5.41, 5.74) is 0. The molecule has 168 valence electrons. The maximum Gasteiger partial charge on any atom is 0.305 e. The van der Waals surface area contributed by atoms with E-state index in [9.17, 15) is 4.79 Å². The molecule has 0 amide bonds. The van der Waals surface area contributed by atoms with Crippen LogP contribution in [0.5, 0.6) is 0 Å². The van der Waals surface area contributed by atoms with Crippen molar-refractivity contribution in [2.75, 3.05) is 12.8 Å². The van der Waals surface area contributed by atoms with Crippen molar-refractivity contribution in [3.05, 3.63) is 18.7 Å². The number of hydrogen-bond acceptors (Lipinski definition) is 3. The van der Waals surface area contributed by atoms with Crippen molar-refractivity contribution in [1.29, 1.82) is 0 Å². The van der Waals surface area contributed by atoms with Crippen molar-refractivity contribution in [2.45, 2.75) is 116 Å². The summed E-state index contributed by atoms with van der Waals surface area (Å²) in [7, 11) is 2.66. The van der Waals surface area contributed by atoms with Crippen LogP contribution in [0.3, 0.4) is 0 Å². The minimum absolute atomic E-state index is 0.0226. The first kappa shape index (κ1) is 26.1. The van der Waals surface area contributed by atoms with Gasteiger partial charge in [-0.15, -0.1) is 9.24 Å². The van der Waals surface area contributed by atoms with E-state index in [1.165, 1.54) is 77.0 Å². The van der Waals surface area contributed by atoms with Gasteiger partial charge in [0, 0.05) is 24.9 Å². The summed E-state index contributed by atoms with van der Waals surface area (Å²) >= 11 is 0. The second kappa shape index (κ2) is 19.1. The van der Waals surface area contributed by atoms with Crippen LogP contribution in [0, 0.1) is 0 Å². The number of carbonyl (C=O) groups excluding carboxylic acids is 1. The van der Waals surface area contributed by atoms with E-state index in [2.05, 4.69) is 31.9 Å². The van der Waals surface area contributed by atoms with Crippen LogP contribution >= 0.6 is 9.24 Å². The fourth-order valence-electron chi connectivity index (χ4n) is 3.79. The molecule has 5 heteroatoms. The van der Waals surface area contributed by atoms with Crippen LogP contribution in [0.2, 0.25) is 0 Å². The Balaban J connectivity index is 1.98. The van der Waals surface area contributed by atoms with Gasteiger partial charge in [0.1, 0.15) is 0 Å². The Labute approximate surface area is 181 Å². The molecular formula is C24H45N2O2P. The number of aromatic nitrogens is 2. The normalized spacial score (nSPS) is 12.2. The van der Waals surface area contributed by atoms with Gasteiger partial charge in [-0.25, -0.2) is 4.98 Å². The molecule has 0 aliphatic carbocycles. The molecule has 1 rings (SSSR count). The molecule has 0 radical (unpaired) electrons. The van der Waals surface area contributed by atoms with E-state index in [0.717, 1.165) is 25.4 Å². The van der Waals surface area contributed by atoms with Crippen LogP contribution in [-0.2, 0) is 9.53 Å². The number of nitrogens with zero attached hydrogens (tertiary/aromatic N) is 2. The van der Waals surface area contributed by atoms with Crippen LogP contribution in [0.1, 0.15) is 116 Å². The fraction of sp³-hybridized carbons (Fsp3) is 0.833. The lowest BCUT2D eigenvalue weighted by molar-refractivity contribution is -0.143. The molecule has 0 aromatic carbocycles. The minimum atomic E-state index is -0.0226. The summed E-state index contributed by atoms with van der Waals surface area (Å²) in [5, 5.41) is 0. The predicted octanol–water partition coefficient (Wildman–Crippen LogP) is 7.10. The maximum atomic E-state index is 11.5. The Morgan fingerprint density at radius 2 is 1.55 bits per heavy atom. The Kier molecular flexibility index (Phi) is 17.2.